The molecule has 0 aliphatic rings. The second-order valence-electron chi connectivity index (χ2n) is 5.76. The molecule has 1 aromatic carbocycles. The molecule has 0 aliphatic heterocycles. The minimum Gasteiger partial charge on any atom is -0.494 e. The van der Waals surface area contributed by atoms with Gasteiger partial charge in [0, 0.05) is 17.0 Å². The highest BCUT2D eigenvalue weighted by Gasteiger charge is 2.23. The highest BCUT2D eigenvalue weighted by Crippen LogP contribution is 2.32. The van der Waals surface area contributed by atoms with Crippen LogP contribution in [0.15, 0.2) is 12.1 Å². The van der Waals surface area contributed by atoms with E-state index in [-0.39, 0.29) is 34.9 Å². The summed E-state index contributed by atoms with van der Waals surface area (Å²) in [5.74, 6) is -1.61. The molecule has 0 spiro atoms. The zero-order chi connectivity index (χ0) is 18.5. The van der Waals surface area contributed by atoms with Crippen molar-refractivity contribution in [2.45, 2.75) is 32.2 Å². The van der Waals surface area contributed by atoms with E-state index in [9.17, 15) is 14.4 Å². The molecular formula is C15H20ClN3O5. The maximum Gasteiger partial charge on any atom is 0.319 e. The normalized spacial score (nSPS) is 10.8. The minimum atomic E-state index is -0.951. The summed E-state index contributed by atoms with van der Waals surface area (Å²) < 4.78 is 5.12. The molecular weight excluding hydrogens is 338 g/mol. The maximum absolute atomic E-state index is 12.1. The summed E-state index contributed by atoms with van der Waals surface area (Å²) in [6.07, 6.45) is 0.161. The van der Waals surface area contributed by atoms with Gasteiger partial charge in [0.15, 0.2) is 5.75 Å². The van der Waals surface area contributed by atoms with E-state index in [1.807, 2.05) is 0 Å². The van der Waals surface area contributed by atoms with Crippen LogP contribution in [0.4, 0.5) is 10.5 Å². The average Bonchev–Trinajstić information content (AvgIpc) is 2.44. The minimum absolute atomic E-state index is 0.0328. The second-order valence-corrected chi connectivity index (χ2v) is 6.19. The molecule has 3 amide bonds. The van der Waals surface area contributed by atoms with Crippen LogP contribution < -0.4 is 21.1 Å². The number of nitrogens with two attached hydrogens (primary N) is 1. The number of carboxylic acid groups (broad SMARTS) is 1. The quantitative estimate of drug-likeness (QED) is 0.594. The molecule has 5 N–H and O–H groups in total. The molecule has 0 aromatic heterocycles. The van der Waals surface area contributed by atoms with Crippen LogP contribution >= 0.6 is 11.6 Å². The number of halogens is 1. The van der Waals surface area contributed by atoms with Crippen molar-refractivity contribution in [3.05, 3.63) is 22.7 Å². The van der Waals surface area contributed by atoms with Crippen LogP contribution in [-0.2, 0) is 4.79 Å². The summed E-state index contributed by atoms with van der Waals surface area (Å²) in [4.78, 5) is 34.2. The Bertz CT molecular complexity index is 661. The molecule has 0 aliphatic carbocycles. The summed E-state index contributed by atoms with van der Waals surface area (Å²) in [6.45, 7) is 3.39. The van der Waals surface area contributed by atoms with E-state index >= 15 is 0 Å². The van der Waals surface area contributed by atoms with Crippen molar-refractivity contribution in [2.24, 2.45) is 5.73 Å². The van der Waals surface area contributed by atoms with Crippen molar-refractivity contribution < 1.29 is 24.2 Å². The first kappa shape index (κ1) is 19.6. The third-order valence-electron chi connectivity index (χ3n) is 3.19. The van der Waals surface area contributed by atoms with Gasteiger partial charge in [-0.3, -0.25) is 9.59 Å². The van der Waals surface area contributed by atoms with Crippen LogP contribution in [-0.4, -0.2) is 35.7 Å². The number of urea groups is 1. The molecule has 24 heavy (non-hydrogen) atoms. The number of ether oxygens (including phenoxy) is 1. The molecule has 1 aromatic rings. The number of benzene rings is 1. The van der Waals surface area contributed by atoms with E-state index in [1.165, 1.54) is 19.2 Å². The highest BCUT2D eigenvalue weighted by molar-refractivity contribution is 6.31. The van der Waals surface area contributed by atoms with Gasteiger partial charge in [0.25, 0.3) is 5.91 Å². The molecule has 0 atom stereocenters. The fourth-order valence-corrected chi connectivity index (χ4v) is 2.25. The lowest BCUT2D eigenvalue weighted by molar-refractivity contribution is -0.137. The largest absolute Gasteiger partial charge is 0.494 e. The van der Waals surface area contributed by atoms with Gasteiger partial charge < -0.3 is 26.2 Å². The number of anilines is 1. The fourth-order valence-electron chi connectivity index (χ4n) is 2.03. The van der Waals surface area contributed by atoms with Gasteiger partial charge in [-0.15, -0.1) is 0 Å². The van der Waals surface area contributed by atoms with Crippen molar-refractivity contribution in [1.29, 1.82) is 0 Å². The number of hydrogen-bond donors (Lipinski definition) is 4. The van der Waals surface area contributed by atoms with Crippen LogP contribution in [0.2, 0.25) is 5.02 Å². The molecule has 0 heterocycles. The Balaban J connectivity index is 2.94. The van der Waals surface area contributed by atoms with Gasteiger partial charge in [-0.05, 0) is 32.4 Å². The Labute approximate surface area is 144 Å². The molecule has 8 nitrogen and oxygen atoms in total. The first-order chi connectivity index (χ1) is 11.1. The fraction of sp³-hybridized carbons (Fsp3) is 0.400. The Morgan fingerprint density at radius 1 is 1.33 bits per heavy atom. The van der Waals surface area contributed by atoms with Crippen molar-refractivity contribution in [3.8, 4) is 5.75 Å². The average molecular weight is 358 g/mol. The molecule has 0 bridgehead atoms. The van der Waals surface area contributed by atoms with Crippen molar-refractivity contribution in [3.63, 3.8) is 0 Å². The van der Waals surface area contributed by atoms with E-state index in [2.05, 4.69) is 10.6 Å². The Morgan fingerprint density at radius 3 is 2.46 bits per heavy atom. The summed E-state index contributed by atoms with van der Waals surface area (Å²) in [5.41, 5.74) is 4.72. The highest BCUT2D eigenvalue weighted by atomic mass is 35.5. The summed E-state index contributed by atoms with van der Waals surface area (Å²) in [7, 11) is 1.33. The van der Waals surface area contributed by atoms with E-state index < -0.39 is 23.4 Å². The van der Waals surface area contributed by atoms with Crippen molar-refractivity contribution >= 4 is 35.2 Å². The van der Waals surface area contributed by atoms with Gasteiger partial charge in [0.2, 0.25) is 0 Å². The summed E-state index contributed by atoms with van der Waals surface area (Å²) in [5, 5.41) is 14.1. The Morgan fingerprint density at radius 2 is 1.96 bits per heavy atom. The van der Waals surface area contributed by atoms with Gasteiger partial charge in [0.1, 0.15) is 0 Å². The predicted molar refractivity (Wildman–Crippen MR) is 89.6 cm³/mol. The first-order valence-electron chi connectivity index (χ1n) is 7.04. The number of methoxy groups -OCH3 is 1. The summed E-state index contributed by atoms with van der Waals surface area (Å²) >= 11 is 5.92. The number of hydrogen-bond acceptors (Lipinski definition) is 4. The first-order valence-corrected chi connectivity index (χ1v) is 7.42. The summed E-state index contributed by atoms with van der Waals surface area (Å²) in [6, 6.07) is 2.15. The number of carbonyl (C=O) groups excluding carboxylic acids is 2. The van der Waals surface area contributed by atoms with Crippen LogP contribution in [0.25, 0.3) is 0 Å². The molecule has 132 valence electrons. The van der Waals surface area contributed by atoms with Gasteiger partial charge in [-0.2, -0.15) is 0 Å². The van der Waals surface area contributed by atoms with Gasteiger partial charge >= 0.3 is 12.0 Å². The van der Waals surface area contributed by atoms with Crippen molar-refractivity contribution in [2.75, 3.05) is 12.4 Å². The van der Waals surface area contributed by atoms with Gasteiger partial charge in [-0.1, -0.05) is 11.6 Å². The lowest BCUT2D eigenvalue weighted by Gasteiger charge is -2.26. The standard InChI is InChI=1S/C15H20ClN3O5/c1-15(2,5-4-11(20)21)19-14(23)18-10-7-8(16)6-9(13(17)22)12(10)24-3/h6-7H,4-5H2,1-3H3,(H2,17,22)(H,20,21)(H2,18,19,23). The van der Waals surface area contributed by atoms with Gasteiger partial charge in [0.05, 0.1) is 18.4 Å². The van der Waals surface area contributed by atoms with Crippen LogP contribution in [0.5, 0.6) is 5.75 Å². The third-order valence-corrected chi connectivity index (χ3v) is 3.41. The Kier molecular flexibility index (Phi) is 6.42. The van der Waals surface area contributed by atoms with Crippen LogP contribution in [0, 0.1) is 0 Å². The zero-order valence-electron chi connectivity index (χ0n) is 13.6. The topological polar surface area (TPSA) is 131 Å². The van der Waals surface area contributed by atoms with Crippen LogP contribution in [0.1, 0.15) is 37.0 Å². The lowest BCUT2D eigenvalue weighted by Crippen LogP contribution is -2.45. The Hall–Kier alpha value is -2.48. The van der Waals surface area contributed by atoms with Crippen molar-refractivity contribution in [1.82, 2.24) is 5.32 Å². The van der Waals surface area contributed by atoms with E-state index in [0.29, 0.717) is 0 Å². The van der Waals surface area contributed by atoms with E-state index in [1.54, 1.807) is 13.8 Å². The molecule has 9 heteroatoms. The molecule has 0 radical (unpaired) electrons. The van der Waals surface area contributed by atoms with E-state index in [4.69, 9.17) is 27.2 Å². The lowest BCUT2D eigenvalue weighted by atomic mass is 9.99. The number of rotatable bonds is 7. The molecule has 0 unspecified atom stereocenters. The van der Waals surface area contributed by atoms with E-state index in [0.717, 1.165) is 0 Å². The number of carbonyl (C=O) groups is 3. The maximum atomic E-state index is 12.1. The number of nitrogens with one attached hydrogen (secondary N) is 2. The third kappa shape index (κ3) is 5.62. The van der Waals surface area contributed by atoms with Gasteiger partial charge in [-0.25, -0.2) is 4.79 Å². The number of primary amides is 1. The SMILES string of the molecule is COc1c(NC(=O)NC(C)(C)CCC(=O)O)cc(Cl)cc1C(N)=O. The smallest absolute Gasteiger partial charge is 0.319 e. The molecule has 0 saturated carbocycles. The second kappa shape index (κ2) is 7.87. The molecule has 0 fully saturated rings. The molecule has 0 saturated heterocycles. The number of carboxylic acids is 1. The monoisotopic (exact) mass is 357 g/mol. The predicted octanol–water partition coefficient (Wildman–Crippen LogP) is 2.21. The zero-order valence-corrected chi connectivity index (χ0v) is 14.4. The number of amides is 3. The van der Waals surface area contributed by atoms with Crippen LogP contribution in [0.3, 0.4) is 0 Å². The number of aliphatic carboxylic acids is 1. The molecule has 1 rings (SSSR count).